The highest BCUT2D eigenvalue weighted by Gasteiger charge is 2.31. The normalized spacial score (nSPS) is 13.9. The first-order chi connectivity index (χ1) is 19.8. The van der Waals surface area contributed by atoms with Gasteiger partial charge in [-0.15, -0.1) is 0 Å². The zero-order chi connectivity index (χ0) is 29.3. The van der Waals surface area contributed by atoms with E-state index in [1.807, 2.05) is 84.9 Å². The molecule has 0 bridgehead atoms. The summed E-state index contributed by atoms with van der Waals surface area (Å²) in [6, 6.07) is 33.2. The van der Waals surface area contributed by atoms with Crippen molar-refractivity contribution in [3.8, 4) is 0 Å². The second-order valence-electron chi connectivity index (χ2n) is 9.10. The molecule has 0 fully saturated rings. The maximum atomic E-state index is 13.7. The van der Waals surface area contributed by atoms with Crippen molar-refractivity contribution in [3.63, 3.8) is 0 Å². The van der Waals surface area contributed by atoms with Crippen LogP contribution >= 0.6 is 15.2 Å². The van der Waals surface area contributed by atoms with Crippen molar-refractivity contribution in [3.05, 3.63) is 145 Å². The summed E-state index contributed by atoms with van der Waals surface area (Å²) in [6.45, 7) is 11.9. The zero-order valence-electron chi connectivity index (χ0n) is 23.3. The molecular weight excluding hydrogens is 554 g/mol. The van der Waals surface area contributed by atoms with Crippen LogP contribution in [0.4, 0.5) is 0 Å². The second kappa shape index (κ2) is 13.8. The highest BCUT2D eigenvalue weighted by Crippen LogP contribution is 2.51. The Hall–Kier alpha value is -3.66. The summed E-state index contributed by atoms with van der Waals surface area (Å²) in [4.78, 5) is 0. The SMILES string of the molecule is C=C(OP(=O)(OCC)c1ccc(Cc2ccc(P(=O)(OCC)OC(=C)c3ccccc3)cc2)cc1)c1ccccc1. The summed E-state index contributed by atoms with van der Waals surface area (Å²) in [5.41, 5.74) is 3.45. The lowest BCUT2D eigenvalue weighted by Gasteiger charge is -2.21. The van der Waals surface area contributed by atoms with Gasteiger partial charge in [-0.3, -0.25) is 9.05 Å². The van der Waals surface area contributed by atoms with Crippen molar-refractivity contribution in [2.45, 2.75) is 20.3 Å². The lowest BCUT2D eigenvalue weighted by molar-refractivity contribution is 0.279. The van der Waals surface area contributed by atoms with E-state index in [1.54, 1.807) is 38.1 Å². The summed E-state index contributed by atoms with van der Waals surface area (Å²) >= 11 is 0. The predicted molar refractivity (Wildman–Crippen MR) is 167 cm³/mol. The molecular formula is C33H34O6P2. The minimum absolute atomic E-state index is 0.224. The molecule has 0 aliphatic heterocycles. The molecule has 0 amide bonds. The average Bonchev–Trinajstić information content (AvgIpc) is 2.99. The first-order valence-electron chi connectivity index (χ1n) is 13.3. The molecule has 4 rings (SSSR count). The van der Waals surface area contributed by atoms with E-state index in [0.29, 0.717) is 17.0 Å². The van der Waals surface area contributed by atoms with Gasteiger partial charge in [-0.2, -0.15) is 0 Å². The maximum absolute atomic E-state index is 13.7. The van der Waals surface area contributed by atoms with Crippen LogP contribution in [0, 0.1) is 0 Å². The largest absolute Gasteiger partial charge is 0.421 e. The fraction of sp³-hybridized carbons (Fsp3) is 0.152. The Labute approximate surface area is 242 Å². The second-order valence-corrected chi connectivity index (χ2v) is 13.0. The van der Waals surface area contributed by atoms with Crippen LogP contribution in [-0.2, 0) is 33.6 Å². The first-order valence-corrected chi connectivity index (χ1v) is 16.4. The number of hydrogen-bond acceptors (Lipinski definition) is 6. The molecule has 41 heavy (non-hydrogen) atoms. The third-order valence-electron chi connectivity index (χ3n) is 6.16. The van der Waals surface area contributed by atoms with Crippen LogP contribution < -0.4 is 10.6 Å². The molecule has 0 saturated heterocycles. The van der Waals surface area contributed by atoms with Crippen LogP contribution in [-0.4, -0.2) is 13.2 Å². The zero-order valence-corrected chi connectivity index (χ0v) is 25.1. The number of rotatable bonds is 14. The van der Waals surface area contributed by atoms with Crippen molar-refractivity contribution in [2.24, 2.45) is 0 Å². The predicted octanol–water partition coefficient (Wildman–Crippen LogP) is 8.36. The molecule has 0 heterocycles. The molecule has 2 unspecified atom stereocenters. The van der Waals surface area contributed by atoms with Crippen LogP contribution in [0.1, 0.15) is 36.1 Å². The molecule has 4 aromatic carbocycles. The first kappa shape index (κ1) is 30.3. The smallest absolute Gasteiger partial charge is 0.410 e. The lowest BCUT2D eigenvalue weighted by Crippen LogP contribution is -2.11. The maximum Gasteiger partial charge on any atom is 0.410 e. The highest BCUT2D eigenvalue weighted by molar-refractivity contribution is 7.62. The minimum atomic E-state index is -3.63. The van der Waals surface area contributed by atoms with Gasteiger partial charge in [0.1, 0.15) is 11.5 Å². The van der Waals surface area contributed by atoms with Crippen LogP contribution in [0.25, 0.3) is 11.5 Å². The third kappa shape index (κ3) is 7.75. The van der Waals surface area contributed by atoms with Gasteiger partial charge in [-0.25, -0.2) is 9.13 Å². The molecule has 0 spiro atoms. The Morgan fingerprint density at radius 1 is 0.561 bits per heavy atom. The van der Waals surface area contributed by atoms with E-state index in [4.69, 9.17) is 18.1 Å². The molecule has 0 saturated carbocycles. The van der Waals surface area contributed by atoms with Crippen molar-refractivity contribution in [2.75, 3.05) is 13.2 Å². The molecule has 6 nitrogen and oxygen atoms in total. The van der Waals surface area contributed by atoms with Gasteiger partial charge in [-0.1, -0.05) is 98.1 Å². The number of hydrogen-bond donors (Lipinski definition) is 0. The topological polar surface area (TPSA) is 71.1 Å². The molecule has 0 radical (unpaired) electrons. The van der Waals surface area contributed by atoms with E-state index >= 15 is 0 Å². The Bertz CT molecular complexity index is 1430. The van der Waals surface area contributed by atoms with Crippen molar-refractivity contribution < 1.29 is 27.2 Å². The van der Waals surface area contributed by atoms with Crippen LogP contribution in [0.2, 0.25) is 0 Å². The van der Waals surface area contributed by atoms with Gasteiger partial charge in [0, 0.05) is 11.1 Å². The van der Waals surface area contributed by atoms with E-state index in [0.717, 1.165) is 22.3 Å². The van der Waals surface area contributed by atoms with Gasteiger partial charge in [-0.05, 0) is 55.7 Å². The Kier molecular flexibility index (Phi) is 10.2. The average molecular weight is 589 g/mol. The summed E-state index contributed by atoms with van der Waals surface area (Å²) in [6.07, 6.45) is 0.605. The van der Waals surface area contributed by atoms with E-state index in [2.05, 4.69) is 13.2 Å². The lowest BCUT2D eigenvalue weighted by atomic mass is 10.1. The Morgan fingerprint density at radius 3 is 1.22 bits per heavy atom. The molecule has 0 aliphatic carbocycles. The standard InChI is InChI=1S/C33H34O6P2/c1-5-36-40(34,38-26(3)30-13-9-7-10-14-30)32-21-17-28(18-22-32)25-29-19-23-33(24-20-29)41(35,37-6-2)39-27(4)31-15-11-8-12-16-31/h7-24H,3-6,25H2,1-2H3. The fourth-order valence-electron chi connectivity index (χ4n) is 4.12. The summed E-state index contributed by atoms with van der Waals surface area (Å²) in [5, 5.41) is 0.896. The quantitative estimate of drug-likeness (QED) is 0.109. The van der Waals surface area contributed by atoms with Crippen molar-refractivity contribution in [1.82, 2.24) is 0 Å². The molecule has 0 aliphatic rings. The summed E-state index contributed by atoms with van der Waals surface area (Å²) in [7, 11) is -7.25. The monoisotopic (exact) mass is 588 g/mol. The molecule has 212 valence electrons. The van der Waals surface area contributed by atoms with Crippen molar-refractivity contribution in [1.29, 1.82) is 0 Å². The molecule has 4 aromatic rings. The van der Waals surface area contributed by atoms with Crippen molar-refractivity contribution >= 4 is 37.3 Å². The highest BCUT2D eigenvalue weighted by atomic mass is 31.2. The van der Waals surface area contributed by atoms with Gasteiger partial charge < -0.3 is 9.05 Å². The summed E-state index contributed by atoms with van der Waals surface area (Å²) < 4.78 is 50.1. The molecule has 2 atom stereocenters. The van der Waals surface area contributed by atoms with Gasteiger partial charge in [0.15, 0.2) is 0 Å². The van der Waals surface area contributed by atoms with Gasteiger partial charge >= 0.3 is 15.2 Å². The van der Waals surface area contributed by atoms with E-state index in [9.17, 15) is 9.13 Å². The fourth-order valence-corrected chi connectivity index (χ4v) is 7.23. The molecule has 0 aromatic heterocycles. The van der Waals surface area contributed by atoms with Gasteiger partial charge in [0.25, 0.3) is 0 Å². The Morgan fingerprint density at radius 2 is 0.902 bits per heavy atom. The van der Waals surface area contributed by atoms with E-state index < -0.39 is 15.2 Å². The van der Waals surface area contributed by atoms with E-state index in [-0.39, 0.29) is 24.7 Å². The minimum Gasteiger partial charge on any atom is -0.421 e. The Balaban J connectivity index is 1.47. The number of benzene rings is 4. The molecule has 0 N–H and O–H groups in total. The van der Waals surface area contributed by atoms with E-state index in [1.165, 1.54) is 0 Å². The van der Waals surface area contributed by atoms with Crippen LogP contribution in [0.5, 0.6) is 0 Å². The van der Waals surface area contributed by atoms with Crippen LogP contribution in [0.3, 0.4) is 0 Å². The third-order valence-corrected chi connectivity index (χ3v) is 10.1. The summed E-state index contributed by atoms with van der Waals surface area (Å²) in [5.74, 6) is 0.569. The van der Waals surface area contributed by atoms with Crippen LogP contribution in [0.15, 0.2) is 122 Å². The van der Waals surface area contributed by atoms with Gasteiger partial charge in [0.2, 0.25) is 0 Å². The molecule has 8 heteroatoms. The van der Waals surface area contributed by atoms with Gasteiger partial charge in [0.05, 0.1) is 23.8 Å².